The van der Waals surface area contributed by atoms with E-state index in [2.05, 4.69) is 0 Å². The molecule has 25 heavy (non-hydrogen) atoms. The molecule has 0 spiro atoms. The highest BCUT2D eigenvalue weighted by Gasteiger charge is 2.37. The SMILES string of the molecule is COC(=O)C1=C(C)N(Cc2ccco2)C(=O)/C1=C\c1ccccc1O. The fourth-order valence-electron chi connectivity index (χ4n) is 2.74. The highest BCUT2D eigenvalue weighted by molar-refractivity contribution is 6.16. The largest absolute Gasteiger partial charge is 0.507 e. The number of phenolic OH excluding ortho intramolecular Hbond substituents is 1. The Morgan fingerprint density at radius 1 is 1.28 bits per heavy atom. The van der Waals surface area contributed by atoms with Crippen LogP contribution in [0.2, 0.25) is 0 Å². The molecule has 0 saturated heterocycles. The van der Waals surface area contributed by atoms with Crippen LogP contribution in [0.25, 0.3) is 6.08 Å². The number of para-hydroxylation sites is 1. The molecule has 2 aromatic rings. The van der Waals surface area contributed by atoms with Crippen LogP contribution in [0.4, 0.5) is 0 Å². The molecule has 6 heteroatoms. The Hall–Kier alpha value is -3.28. The first-order valence-electron chi connectivity index (χ1n) is 7.66. The average molecular weight is 339 g/mol. The first-order chi connectivity index (χ1) is 12.0. The van der Waals surface area contributed by atoms with Gasteiger partial charge in [0, 0.05) is 11.3 Å². The smallest absolute Gasteiger partial charge is 0.340 e. The zero-order chi connectivity index (χ0) is 18.0. The van der Waals surface area contributed by atoms with Crippen molar-refractivity contribution < 1.29 is 23.8 Å². The van der Waals surface area contributed by atoms with Crippen LogP contribution in [-0.4, -0.2) is 29.0 Å². The summed E-state index contributed by atoms with van der Waals surface area (Å²) < 4.78 is 10.1. The van der Waals surface area contributed by atoms with Crippen molar-refractivity contribution in [1.82, 2.24) is 4.90 Å². The van der Waals surface area contributed by atoms with Crippen molar-refractivity contribution >= 4 is 18.0 Å². The average Bonchev–Trinajstić information content (AvgIpc) is 3.19. The van der Waals surface area contributed by atoms with Crippen LogP contribution in [-0.2, 0) is 20.9 Å². The monoisotopic (exact) mass is 339 g/mol. The fourth-order valence-corrected chi connectivity index (χ4v) is 2.74. The third-order valence-electron chi connectivity index (χ3n) is 4.03. The van der Waals surface area contributed by atoms with E-state index in [1.165, 1.54) is 30.4 Å². The molecule has 0 atom stereocenters. The summed E-state index contributed by atoms with van der Waals surface area (Å²) in [6.45, 7) is 1.88. The van der Waals surface area contributed by atoms with Gasteiger partial charge in [-0.2, -0.15) is 0 Å². The van der Waals surface area contributed by atoms with E-state index in [0.717, 1.165) is 0 Å². The van der Waals surface area contributed by atoms with Gasteiger partial charge in [-0.05, 0) is 31.2 Å². The molecule has 0 saturated carbocycles. The van der Waals surface area contributed by atoms with Crippen molar-refractivity contribution in [3.8, 4) is 5.75 Å². The predicted molar refractivity (Wildman–Crippen MR) is 90.1 cm³/mol. The number of hydrogen-bond donors (Lipinski definition) is 1. The number of amides is 1. The van der Waals surface area contributed by atoms with Gasteiger partial charge < -0.3 is 19.2 Å². The topological polar surface area (TPSA) is 80.0 Å². The van der Waals surface area contributed by atoms with Crippen LogP contribution in [0.1, 0.15) is 18.2 Å². The van der Waals surface area contributed by atoms with E-state index in [-0.39, 0.29) is 29.3 Å². The van der Waals surface area contributed by atoms with Crippen molar-refractivity contribution in [2.24, 2.45) is 0 Å². The van der Waals surface area contributed by atoms with Gasteiger partial charge in [0.1, 0.15) is 11.5 Å². The molecular formula is C19H17NO5. The van der Waals surface area contributed by atoms with E-state index >= 15 is 0 Å². The first-order valence-corrected chi connectivity index (χ1v) is 7.66. The van der Waals surface area contributed by atoms with Gasteiger partial charge in [-0.15, -0.1) is 0 Å². The quantitative estimate of drug-likeness (QED) is 0.684. The molecule has 1 aromatic heterocycles. The van der Waals surface area contributed by atoms with Crippen LogP contribution in [0.5, 0.6) is 5.75 Å². The molecule has 2 heterocycles. The summed E-state index contributed by atoms with van der Waals surface area (Å²) in [4.78, 5) is 26.5. The number of allylic oxidation sites excluding steroid dienone is 1. The molecule has 0 fully saturated rings. The van der Waals surface area contributed by atoms with Crippen molar-refractivity contribution in [3.63, 3.8) is 0 Å². The lowest BCUT2D eigenvalue weighted by Crippen LogP contribution is -2.24. The number of esters is 1. The van der Waals surface area contributed by atoms with Crippen molar-refractivity contribution in [1.29, 1.82) is 0 Å². The second-order valence-electron chi connectivity index (χ2n) is 5.54. The van der Waals surface area contributed by atoms with E-state index in [0.29, 0.717) is 17.0 Å². The fraction of sp³-hybridized carbons (Fsp3) is 0.158. The van der Waals surface area contributed by atoms with Crippen molar-refractivity contribution in [2.45, 2.75) is 13.5 Å². The number of furan rings is 1. The predicted octanol–water partition coefficient (Wildman–Crippen LogP) is 2.86. The summed E-state index contributed by atoms with van der Waals surface area (Å²) in [5, 5.41) is 9.96. The summed E-state index contributed by atoms with van der Waals surface area (Å²) in [5.41, 5.74) is 1.29. The molecular weight excluding hydrogens is 322 g/mol. The van der Waals surface area contributed by atoms with Crippen molar-refractivity contribution in [3.05, 3.63) is 70.8 Å². The Morgan fingerprint density at radius 3 is 2.68 bits per heavy atom. The molecule has 6 nitrogen and oxygen atoms in total. The highest BCUT2D eigenvalue weighted by atomic mass is 16.5. The van der Waals surface area contributed by atoms with Crippen LogP contribution >= 0.6 is 0 Å². The van der Waals surface area contributed by atoms with E-state index in [1.807, 2.05) is 0 Å². The number of nitrogens with zero attached hydrogens (tertiary/aromatic N) is 1. The molecule has 128 valence electrons. The number of methoxy groups -OCH3 is 1. The van der Waals surface area contributed by atoms with Crippen LogP contribution in [0.15, 0.2) is 63.9 Å². The maximum atomic E-state index is 12.9. The van der Waals surface area contributed by atoms with Gasteiger partial charge in [0.25, 0.3) is 5.91 Å². The molecule has 0 aliphatic carbocycles. The third-order valence-corrected chi connectivity index (χ3v) is 4.03. The van der Waals surface area contributed by atoms with Gasteiger partial charge in [-0.3, -0.25) is 4.79 Å². The summed E-state index contributed by atoms with van der Waals surface area (Å²) in [6, 6.07) is 10.1. The minimum absolute atomic E-state index is 0.0224. The second kappa shape index (κ2) is 6.68. The molecule has 0 radical (unpaired) electrons. The van der Waals surface area contributed by atoms with E-state index in [9.17, 15) is 14.7 Å². The highest BCUT2D eigenvalue weighted by Crippen LogP contribution is 2.34. The van der Waals surface area contributed by atoms with Gasteiger partial charge in [0.2, 0.25) is 0 Å². The van der Waals surface area contributed by atoms with E-state index in [1.54, 1.807) is 37.3 Å². The summed E-state index contributed by atoms with van der Waals surface area (Å²) in [5.74, 6) is -0.332. The summed E-state index contributed by atoms with van der Waals surface area (Å²) in [6.07, 6.45) is 3.02. The second-order valence-corrected chi connectivity index (χ2v) is 5.54. The molecule has 0 unspecified atom stereocenters. The lowest BCUT2D eigenvalue weighted by molar-refractivity contribution is -0.136. The third kappa shape index (κ3) is 3.06. The lowest BCUT2D eigenvalue weighted by atomic mass is 10.0. The number of aromatic hydroxyl groups is 1. The number of benzene rings is 1. The first kappa shape index (κ1) is 16.6. The van der Waals surface area contributed by atoms with Gasteiger partial charge in [-0.25, -0.2) is 4.79 Å². The maximum absolute atomic E-state index is 12.9. The Kier molecular flexibility index (Phi) is 4.43. The maximum Gasteiger partial charge on any atom is 0.340 e. The van der Waals surface area contributed by atoms with Gasteiger partial charge in [-0.1, -0.05) is 18.2 Å². The number of rotatable bonds is 4. The van der Waals surface area contributed by atoms with Crippen LogP contribution < -0.4 is 0 Å². The van der Waals surface area contributed by atoms with Gasteiger partial charge in [0.15, 0.2) is 0 Å². The Labute approximate surface area is 144 Å². The molecule has 3 rings (SSSR count). The number of carbonyl (C=O) groups is 2. The summed E-state index contributed by atoms with van der Waals surface area (Å²) in [7, 11) is 1.26. The van der Waals surface area contributed by atoms with Crippen LogP contribution in [0, 0.1) is 0 Å². The van der Waals surface area contributed by atoms with E-state index in [4.69, 9.17) is 9.15 Å². The number of ether oxygens (including phenoxy) is 1. The summed E-state index contributed by atoms with van der Waals surface area (Å²) >= 11 is 0. The zero-order valence-corrected chi connectivity index (χ0v) is 13.9. The molecule has 1 aliphatic heterocycles. The lowest BCUT2D eigenvalue weighted by Gasteiger charge is -2.16. The Bertz CT molecular complexity index is 877. The standard InChI is InChI=1S/C19H17NO5/c1-12-17(19(23)24-2)15(10-13-6-3-4-8-16(13)21)18(22)20(12)11-14-7-5-9-25-14/h3-10,21H,11H2,1-2H3/b15-10-. The number of phenols is 1. The van der Waals surface area contributed by atoms with Gasteiger partial charge in [0.05, 0.1) is 31.1 Å². The normalized spacial score (nSPS) is 16.0. The molecule has 0 bridgehead atoms. The van der Waals surface area contributed by atoms with Crippen LogP contribution in [0.3, 0.4) is 0 Å². The Morgan fingerprint density at radius 2 is 2.04 bits per heavy atom. The molecule has 1 N–H and O–H groups in total. The van der Waals surface area contributed by atoms with Gasteiger partial charge >= 0.3 is 5.97 Å². The van der Waals surface area contributed by atoms with E-state index < -0.39 is 5.97 Å². The molecule has 1 aliphatic rings. The molecule has 1 amide bonds. The molecule has 1 aromatic carbocycles. The number of hydrogen-bond acceptors (Lipinski definition) is 5. The number of carbonyl (C=O) groups excluding carboxylic acids is 2. The zero-order valence-electron chi connectivity index (χ0n) is 13.9. The van der Waals surface area contributed by atoms with Crippen molar-refractivity contribution in [2.75, 3.05) is 7.11 Å². The minimum atomic E-state index is -0.602. The minimum Gasteiger partial charge on any atom is -0.507 e. The Balaban J connectivity index is 2.06.